The van der Waals surface area contributed by atoms with Crippen molar-refractivity contribution in [2.24, 2.45) is 0 Å². The van der Waals surface area contributed by atoms with Crippen molar-refractivity contribution < 1.29 is 8.83 Å². The molecule has 0 fully saturated rings. The quantitative estimate of drug-likeness (QED) is 0.164. The van der Waals surface area contributed by atoms with Gasteiger partial charge in [0.1, 0.15) is 22.3 Å². The molecule has 0 aliphatic heterocycles. The molecule has 0 amide bonds. The van der Waals surface area contributed by atoms with Gasteiger partial charge in [0.15, 0.2) is 0 Å². The molecule has 19 rings (SSSR count). The van der Waals surface area contributed by atoms with Crippen LogP contribution in [-0.2, 0) is 0 Å². The van der Waals surface area contributed by atoms with Crippen LogP contribution in [0.15, 0.2) is 312 Å². The molecule has 86 heavy (non-hydrogen) atoms. The standard InChI is InChI=1S/C44H26O.C40H24O/c1-2-12-28-23-31(22-21-27(28)11-1)42-33-16-6-8-18-35(33)43(36-19-9-7-17-34(36)42)39-26-40-38-24-29-13-3-4-14-30(29)25-41(38)45-44(40)37-20-10-5-15-32(37)39;1-2-12-26-23-27(22-21-25(26)11-1)38-30-15-4-6-17-32(30)39(33-18-7-5-16-31(33)38)35-24-36-29-14-9-10-20-37(29)41-40(36)34-19-8-3-13-28(34)35/h1-26H;1-24H. The molecule has 0 atom stereocenters. The number of hydrogen-bond acceptors (Lipinski definition) is 2. The van der Waals surface area contributed by atoms with Crippen LogP contribution in [0.3, 0.4) is 0 Å². The van der Waals surface area contributed by atoms with E-state index in [2.05, 4.69) is 297 Å². The zero-order valence-electron chi connectivity index (χ0n) is 46.7. The van der Waals surface area contributed by atoms with Crippen LogP contribution in [0.5, 0.6) is 0 Å². The van der Waals surface area contributed by atoms with Gasteiger partial charge in [-0.2, -0.15) is 0 Å². The Morgan fingerprint density at radius 2 is 0.465 bits per heavy atom. The number of fused-ring (bicyclic) bond motifs is 17. The minimum atomic E-state index is 0.922. The van der Waals surface area contributed by atoms with Crippen LogP contribution in [0, 0.1) is 0 Å². The van der Waals surface area contributed by atoms with E-state index in [1.54, 1.807) is 0 Å². The Morgan fingerprint density at radius 1 is 0.163 bits per heavy atom. The minimum Gasteiger partial charge on any atom is -0.455 e. The van der Waals surface area contributed by atoms with E-state index in [0.29, 0.717) is 0 Å². The predicted octanol–water partition coefficient (Wildman–Crippen LogP) is 24.2. The van der Waals surface area contributed by atoms with Gasteiger partial charge in [0.2, 0.25) is 0 Å². The molecule has 0 saturated heterocycles. The lowest BCUT2D eigenvalue weighted by molar-refractivity contribution is 0.672. The summed E-state index contributed by atoms with van der Waals surface area (Å²) < 4.78 is 13.1. The molecular weight excluding hydrogens is 1040 g/mol. The first-order valence-electron chi connectivity index (χ1n) is 29.6. The summed E-state index contributed by atoms with van der Waals surface area (Å²) in [5.74, 6) is 0. The third kappa shape index (κ3) is 7.40. The Balaban J connectivity index is 0.000000130. The van der Waals surface area contributed by atoms with E-state index in [1.807, 2.05) is 6.07 Å². The van der Waals surface area contributed by atoms with Crippen molar-refractivity contribution >= 4 is 141 Å². The van der Waals surface area contributed by atoms with E-state index in [1.165, 1.54) is 131 Å². The largest absolute Gasteiger partial charge is 0.455 e. The van der Waals surface area contributed by atoms with Gasteiger partial charge < -0.3 is 8.83 Å². The Hall–Kier alpha value is -11.3. The second kappa shape index (κ2) is 19.1. The SMILES string of the molecule is c1ccc2cc(-c3c4ccccc4c(-c4cc5c6cc7ccccc7cc6oc5c5ccccc45)c4ccccc34)ccc2c1.c1ccc2cc(-c3c4ccccc4c(-c4cc5c6ccccc6oc5c5ccccc45)c4ccccc34)ccc2c1. The molecule has 2 heteroatoms. The summed E-state index contributed by atoms with van der Waals surface area (Å²) in [4.78, 5) is 0. The maximum Gasteiger partial charge on any atom is 0.143 e. The molecule has 2 heterocycles. The Labute approximate surface area is 494 Å². The smallest absolute Gasteiger partial charge is 0.143 e. The summed E-state index contributed by atoms with van der Waals surface area (Å²) in [5.41, 5.74) is 13.8. The van der Waals surface area contributed by atoms with Crippen LogP contribution in [0.25, 0.3) is 185 Å². The summed E-state index contributed by atoms with van der Waals surface area (Å²) >= 11 is 0. The number of hydrogen-bond donors (Lipinski definition) is 0. The highest BCUT2D eigenvalue weighted by molar-refractivity contribution is 6.29. The van der Waals surface area contributed by atoms with Crippen LogP contribution >= 0.6 is 0 Å². The maximum absolute atomic E-state index is 6.65. The third-order valence-corrected chi connectivity index (χ3v) is 18.2. The van der Waals surface area contributed by atoms with Crippen molar-refractivity contribution in [3.63, 3.8) is 0 Å². The minimum absolute atomic E-state index is 0.922. The average Bonchev–Trinajstić information content (AvgIpc) is 1.53. The molecule has 0 spiro atoms. The summed E-state index contributed by atoms with van der Waals surface area (Å²) in [6.07, 6.45) is 0. The Bertz CT molecular complexity index is 5920. The lowest BCUT2D eigenvalue weighted by Gasteiger charge is -2.19. The molecule has 0 radical (unpaired) electrons. The van der Waals surface area contributed by atoms with E-state index in [-0.39, 0.29) is 0 Å². The van der Waals surface area contributed by atoms with Crippen LogP contribution in [0.2, 0.25) is 0 Å². The molecule has 0 bridgehead atoms. The molecule has 0 saturated carbocycles. The van der Waals surface area contributed by atoms with Gasteiger partial charge in [-0.25, -0.2) is 0 Å². The van der Waals surface area contributed by atoms with Crippen LogP contribution in [0.4, 0.5) is 0 Å². The lowest BCUT2D eigenvalue weighted by Crippen LogP contribution is -1.92. The normalized spacial score (nSPS) is 12.0. The summed E-state index contributed by atoms with van der Waals surface area (Å²) in [6, 6.07) is 110. The van der Waals surface area contributed by atoms with E-state index in [0.717, 1.165) is 54.6 Å². The molecule has 2 aromatic heterocycles. The summed E-state index contributed by atoms with van der Waals surface area (Å²) in [6.45, 7) is 0. The van der Waals surface area contributed by atoms with Crippen molar-refractivity contribution in [3.05, 3.63) is 303 Å². The average molecular weight is 1090 g/mol. The van der Waals surface area contributed by atoms with E-state index >= 15 is 0 Å². The van der Waals surface area contributed by atoms with E-state index in [4.69, 9.17) is 8.83 Å². The molecule has 0 unspecified atom stereocenters. The van der Waals surface area contributed by atoms with E-state index < -0.39 is 0 Å². The third-order valence-electron chi connectivity index (χ3n) is 18.2. The van der Waals surface area contributed by atoms with Gasteiger partial charge in [-0.3, -0.25) is 0 Å². The fourth-order valence-electron chi connectivity index (χ4n) is 14.4. The number of para-hydroxylation sites is 1. The second-order valence-electron chi connectivity index (χ2n) is 22.9. The van der Waals surface area contributed by atoms with E-state index in [9.17, 15) is 0 Å². The molecule has 17 aromatic carbocycles. The van der Waals surface area contributed by atoms with Gasteiger partial charge in [0.25, 0.3) is 0 Å². The van der Waals surface area contributed by atoms with Crippen molar-refractivity contribution in [2.45, 2.75) is 0 Å². The number of furan rings is 2. The molecule has 398 valence electrons. The highest BCUT2D eigenvalue weighted by Gasteiger charge is 2.24. The summed E-state index contributed by atoms with van der Waals surface area (Å²) in [5, 5.41) is 26.8. The first kappa shape index (κ1) is 48.2. The van der Waals surface area contributed by atoms with Gasteiger partial charge in [0, 0.05) is 32.3 Å². The fraction of sp³-hybridized carbons (Fsp3) is 0. The first-order valence-corrected chi connectivity index (χ1v) is 29.6. The molecule has 0 N–H and O–H groups in total. The van der Waals surface area contributed by atoms with Gasteiger partial charge in [0.05, 0.1) is 0 Å². The van der Waals surface area contributed by atoms with Crippen molar-refractivity contribution in [2.75, 3.05) is 0 Å². The fourth-order valence-corrected chi connectivity index (χ4v) is 14.4. The topological polar surface area (TPSA) is 26.3 Å². The van der Waals surface area contributed by atoms with Crippen molar-refractivity contribution in [3.8, 4) is 44.5 Å². The van der Waals surface area contributed by atoms with Gasteiger partial charge >= 0.3 is 0 Å². The van der Waals surface area contributed by atoms with Gasteiger partial charge in [-0.05, 0) is 173 Å². The first-order chi connectivity index (χ1) is 42.7. The molecule has 0 aliphatic carbocycles. The lowest BCUT2D eigenvalue weighted by atomic mass is 9.84. The van der Waals surface area contributed by atoms with Crippen molar-refractivity contribution in [1.29, 1.82) is 0 Å². The van der Waals surface area contributed by atoms with Gasteiger partial charge in [-0.1, -0.05) is 261 Å². The molecule has 19 aromatic rings. The van der Waals surface area contributed by atoms with Crippen LogP contribution in [0.1, 0.15) is 0 Å². The Morgan fingerprint density at radius 3 is 0.895 bits per heavy atom. The maximum atomic E-state index is 6.65. The highest BCUT2D eigenvalue weighted by atomic mass is 16.3. The molecule has 0 aliphatic rings. The predicted molar refractivity (Wildman–Crippen MR) is 367 cm³/mol. The molecule has 2 nitrogen and oxygen atoms in total. The number of rotatable bonds is 4. The number of benzene rings is 17. The zero-order valence-corrected chi connectivity index (χ0v) is 46.7. The Kier molecular flexibility index (Phi) is 10.7. The van der Waals surface area contributed by atoms with Gasteiger partial charge in [-0.15, -0.1) is 0 Å². The van der Waals surface area contributed by atoms with Crippen molar-refractivity contribution in [1.82, 2.24) is 0 Å². The monoisotopic (exact) mass is 1090 g/mol. The summed E-state index contributed by atoms with van der Waals surface area (Å²) in [7, 11) is 0. The molecular formula is C84H50O2. The van der Waals surface area contributed by atoms with Crippen LogP contribution in [-0.4, -0.2) is 0 Å². The van der Waals surface area contributed by atoms with Crippen LogP contribution < -0.4 is 0 Å². The zero-order chi connectivity index (χ0) is 56.4. The highest BCUT2D eigenvalue weighted by Crippen LogP contribution is 2.50. The second-order valence-corrected chi connectivity index (χ2v) is 22.9.